The first-order chi connectivity index (χ1) is 5.71. The van der Waals surface area contributed by atoms with Crippen molar-refractivity contribution in [1.29, 1.82) is 0 Å². The second kappa shape index (κ2) is 4.17. The van der Waals surface area contributed by atoms with Gasteiger partial charge >= 0.3 is 5.97 Å². The van der Waals surface area contributed by atoms with E-state index in [2.05, 4.69) is 6.92 Å². The number of aliphatic carboxylic acids is 1. The number of carbonyl (C=O) groups is 1. The van der Waals surface area contributed by atoms with Gasteiger partial charge in [-0.2, -0.15) is 11.8 Å². The predicted molar refractivity (Wildman–Crippen MR) is 51.5 cm³/mol. The minimum atomic E-state index is -0.584. The Bertz CT molecular complexity index is 164. The van der Waals surface area contributed by atoms with E-state index in [1.54, 1.807) is 0 Å². The van der Waals surface area contributed by atoms with E-state index in [0.717, 1.165) is 30.8 Å². The third-order valence-electron chi connectivity index (χ3n) is 2.38. The molecule has 1 aliphatic carbocycles. The van der Waals surface area contributed by atoms with Gasteiger partial charge in [0.05, 0.1) is 5.41 Å². The SMILES string of the molecule is CCCSCCC1(C(=O)O)CC1. The largest absolute Gasteiger partial charge is 0.481 e. The van der Waals surface area contributed by atoms with Gasteiger partial charge in [-0.1, -0.05) is 6.92 Å². The number of carboxylic acid groups (broad SMARTS) is 1. The molecule has 1 fully saturated rings. The molecule has 3 heteroatoms. The van der Waals surface area contributed by atoms with Gasteiger partial charge in [0.2, 0.25) is 0 Å². The lowest BCUT2D eigenvalue weighted by Gasteiger charge is -2.07. The Morgan fingerprint density at radius 3 is 2.58 bits per heavy atom. The molecule has 2 nitrogen and oxygen atoms in total. The van der Waals surface area contributed by atoms with Crippen LogP contribution in [0.2, 0.25) is 0 Å². The van der Waals surface area contributed by atoms with E-state index in [9.17, 15) is 4.79 Å². The van der Waals surface area contributed by atoms with Crippen LogP contribution in [0.1, 0.15) is 32.6 Å². The van der Waals surface area contributed by atoms with Gasteiger partial charge in [0.1, 0.15) is 0 Å². The maximum atomic E-state index is 10.7. The summed E-state index contributed by atoms with van der Waals surface area (Å²) in [5.74, 6) is 1.59. The summed E-state index contributed by atoms with van der Waals surface area (Å²) in [4.78, 5) is 10.7. The molecular formula is C9H16O2S. The van der Waals surface area contributed by atoms with E-state index in [4.69, 9.17) is 5.11 Å². The van der Waals surface area contributed by atoms with Gasteiger partial charge in [-0.05, 0) is 37.2 Å². The van der Waals surface area contributed by atoms with Crippen LogP contribution in [0, 0.1) is 5.41 Å². The lowest BCUT2D eigenvalue weighted by molar-refractivity contribution is -0.143. The average molecular weight is 188 g/mol. The lowest BCUT2D eigenvalue weighted by Crippen LogP contribution is -2.15. The average Bonchev–Trinajstić information content (AvgIpc) is 2.79. The van der Waals surface area contributed by atoms with Crippen molar-refractivity contribution >= 4 is 17.7 Å². The van der Waals surface area contributed by atoms with Crippen LogP contribution in [0.25, 0.3) is 0 Å². The van der Waals surface area contributed by atoms with Gasteiger partial charge in [0.25, 0.3) is 0 Å². The number of hydrogen-bond acceptors (Lipinski definition) is 2. The third-order valence-corrected chi connectivity index (χ3v) is 3.57. The molecule has 0 bridgehead atoms. The quantitative estimate of drug-likeness (QED) is 0.650. The summed E-state index contributed by atoms with van der Waals surface area (Å²) in [5.41, 5.74) is -0.305. The van der Waals surface area contributed by atoms with Crippen LogP contribution in [-0.4, -0.2) is 22.6 Å². The van der Waals surface area contributed by atoms with Crippen molar-refractivity contribution in [2.24, 2.45) is 5.41 Å². The fourth-order valence-electron chi connectivity index (χ4n) is 1.24. The van der Waals surface area contributed by atoms with Gasteiger partial charge in [0, 0.05) is 0 Å². The molecule has 0 unspecified atom stereocenters. The minimum Gasteiger partial charge on any atom is -0.481 e. The first-order valence-corrected chi connectivity index (χ1v) is 5.68. The van der Waals surface area contributed by atoms with Crippen molar-refractivity contribution < 1.29 is 9.90 Å². The summed E-state index contributed by atoms with van der Waals surface area (Å²) < 4.78 is 0. The highest BCUT2D eigenvalue weighted by Crippen LogP contribution is 2.49. The first kappa shape index (κ1) is 9.90. The Morgan fingerprint density at radius 2 is 2.17 bits per heavy atom. The van der Waals surface area contributed by atoms with Crippen LogP contribution < -0.4 is 0 Å². The zero-order valence-corrected chi connectivity index (χ0v) is 8.32. The number of hydrogen-bond donors (Lipinski definition) is 1. The molecule has 70 valence electrons. The minimum absolute atomic E-state index is 0.305. The molecule has 0 aromatic heterocycles. The standard InChI is InChI=1S/C9H16O2S/c1-2-6-12-7-5-9(3-4-9)8(10)11/h2-7H2,1H3,(H,10,11). The summed E-state index contributed by atoms with van der Waals surface area (Å²) in [7, 11) is 0. The summed E-state index contributed by atoms with van der Waals surface area (Å²) >= 11 is 1.87. The highest BCUT2D eigenvalue weighted by Gasteiger charge is 2.49. The smallest absolute Gasteiger partial charge is 0.309 e. The maximum Gasteiger partial charge on any atom is 0.309 e. The second-order valence-corrected chi connectivity index (χ2v) is 4.67. The zero-order chi connectivity index (χ0) is 9.03. The molecule has 0 aromatic rings. The van der Waals surface area contributed by atoms with E-state index in [0.29, 0.717) is 0 Å². The molecule has 0 amide bonds. The van der Waals surface area contributed by atoms with Crippen molar-refractivity contribution in [3.05, 3.63) is 0 Å². The van der Waals surface area contributed by atoms with Crippen LogP contribution in [-0.2, 0) is 4.79 Å². The fraction of sp³-hybridized carbons (Fsp3) is 0.889. The number of rotatable bonds is 6. The van der Waals surface area contributed by atoms with E-state index in [1.165, 1.54) is 6.42 Å². The Kier molecular flexibility index (Phi) is 3.44. The second-order valence-electron chi connectivity index (χ2n) is 3.45. The van der Waals surface area contributed by atoms with Crippen molar-refractivity contribution in [3.63, 3.8) is 0 Å². The molecule has 0 aliphatic heterocycles. The molecule has 1 rings (SSSR count). The normalized spacial score (nSPS) is 19.1. The monoisotopic (exact) mass is 188 g/mol. The summed E-state index contributed by atoms with van der Waals surface area (Å²) in [6.07, 6.45) is 3.85. The molecule has 0 spiro atoms. The highest BCUT2D eigenvalue weighted by molar-refractivity contribution is 7.99. The van der Waals surface area contributed by atoms with Crippen LogP contribution in [0.3, 0.4) is 0 Å². The van der Waals surface area contributed by atoms with Gasteiger partial charge in [-0.3, -0.25) is 4.79 Å². The van der Waals surface area contributed by atoms with E-state index >= 15 is 0 Å². The molecular weight excluding hydrogens is 172 g/mol. The van der Waals surface area contributed by atoms with Gasteiger partial charge < -0.3 is 5.11 Å². The maximum absolute atomic E-state index is 10.7. The van der Waals surface area contributed by atoms with Crippen molar-refractivity contribution in [2.75, 3.05) is 11.5 Å². The first-order valence-electron chi connectivity index (χ1n) is 4.52. The Hall–Kier alpha value is -0.180. The van der Waals surface area contributed by atoms with Crippen LogP contribution in [0.5, 0.6) is 0 Å². The molecule has 0 aromatic carbocycles. The van der Waals surface area contributed by atoms with Crippen molar-refractivity contribution in [1.82, 2.24) is 0 Å². The highest BCUT2D eigenvalue weighted by atomic mass is 32.2. The van der Waals surface area contributed by atoms with E-state index in [1.807, 2.05) is 11.8 Å². The summed E-state index contributed by atoms with van der Waals surface area (Å²) in [6, 6.07) is 0. The van der Waals surface area contributed by atoms with Gasteiger partial charge in [-0.25, -0.2) is 0 Å². The van der Waals surface area contributed by atoms with Crippen molar-refractivity contribution in [3.8, 4) is 0 Å². The molecule has 1 aliphatic rings. The fourth-order valence-corrected chi connectivity index (χ4v) is 2.26. The molecule has 0 atom stereocenters. The molecule has 0 saturated heterocycles. The Balaban J connectivity index is 2.10. The summed E-state index contributed by atoms with van der Waals surface area (Å²) in [5, 5.41) is 8.85. The third kappa shape index (κ3) is 2.41. The molecule has 1 saturated carbocycles. The van der Waals surface area contributed by atoms with Gasteiger partial charge in [0.15, 0.2) is 0 Å². The van der Waals surface area contributed by atoms with E-state index < -0.39 is 5.97 Å². The summed E-state index contributed by atoms with van der Waals surface area (Å²) in [6.45, 7) is 2.15. The van der Waals surface area contributed by atoms with Crippen molar-refractivity contribution in [2.45, 2.75) is 32.6 Å². The van der Waals surface area contributed by atoms with E-state index in [-0.39, 0.29) is 5.41 Å². The topological polar surface area (TPSA) is 37.3 Å². The van der Waals surface area contributed by atoms with Crippen LogP contribution in [0.15, 0.2) is 0 Å². The van der Waals surface area contributed by atoms with Crippen LogP contribution in [0.4, 0.5) is 0 Å². The lowest BCUT2D eigenvalue weighted by atomic mass is 10.1. The molecule has 0 heterocycles. The molecule has 0 radical (unpaired) electrons. The molecule has 12 heavy (non-hydrogen) atoms. The van der Waals surface area contributed by atoms with Crippen LogP contribution >= 0.6 is 11.8 Å². The zero-order valence-electron chi connectivity index (χ0n) is 7.51. The number of thioether (sulfide) groups is 1. The Labute approximate surface area is 77.7 Å². The number of carboxylic acids is 1. The predicted octanol–water partition coefficient (Wildman–Crippen LogP) is 2.38. The Morgan fingerprint density at radius 1 is 1.50 bits per heavy atom. The van der Waals surface area contributed by atoms with Gasteiger partial charge in [-0.15, -0.1) is 0 Å². The molecule has 1 N–H and O–H groups in total.